The smallest absolute Gasteiger partial charge is 0.393 e. The van der Waals surface area contributed by atoms with Crippen molar-refractivity contribution >= 4 is 23.3 Å². The molecule has 4 heterocycles. The minimum Gasteiger partial charge on any atom is -0.488 e. The van der Waals surface area contributed by atoms with E-state index in [2.05, 4.69) is 4.98 Å². The van der Waals surface area contributed by atoms with Crippen LogP contribution in [0, 0.1) is 5.92 Å². The molecule has 3 aliphatic rings. The summed E-state index contributed by atoms with van der Waals surface area (Å²) in [7, 11) is 1.76. The number of pyridine rings is 1. The van der Waals surface area contributed by atoms with Crippen molar-refractivity contribution < 1.29 is 27.5 Å². The van der Waals surface area contributed by atoms with Crippen LogP contribution >= 0.6 is 0 Å². The second-order valence-electron chi connectivity index (χ2n) is 8.68. The Balaban J connectivity index is 1.39. The SMILES string of the molecule is CN1Cc2cc(N3CCOc4cc(C(=O)N5CCC[C@@H](C(F)(F)F)C5)cnc43)ccc2C1=O. The molecule has 2 aromatic rings. The molecule has 0 spiro atoms. The quantitative estimate of drug-likeness (QED) is 0.685. The van der Waals surface area contributed by atoms with Gasteiger partial charge in [0, 0.05) is 44.1 Å². The molecule has 2 amide bonds. The Morgan fingerprint density at radius 2 is 2.03 bits per heavy atom. The lowest BCUT2D eigenvalue weighted by molar-refractivity contribution is -0.184. The van der Waals surface area contributed by atoms with Gasteiger partial charge in [0.25, 0.3) is 11.8 Å². The van der Waals surface area contributed by atoms with Gasteiger partial charge < -0.3 is 19.4 Å². The number of carbonyl (C=O) groups is 2. The van der Waals surface area contributed by atoms with Crippen LogP contribution in [0.2, 0.25) is 0 Å². The number of alkyl halides is 3. The first-order chi connectivity index (χ1) is 15.7. The Labute approximate surface area is 188 Å². The Morgan fingerprint density at radius 3 is 2.82 bits per heavy atom. The van der Waals surface area contributed by atoms with E-state index in [1.54, 1.807) is 24.1 Å². The Kier molecular flexibility index (Phi) is 5.18. The van der Waals surface area contributed by atoms with Crippen LogP contribution in [-0.4, -0.2) is 66.1 Å². The third-order valence-electron chi connectivity index (χ3n) is 6.46. The molecular weight excluding hydrogens is 437 g/mol. The van der Waals surface area contributed by atoms with Crippen molar-refractivity contribution in [3.63, 3.8) is 0 Å². The van der Waals surface area contributed by atoms with Crippen molar-refractivity contribution in [2.45, 2.75) is 25.6 Å². The predicted molar refractivity (Wildman–Crippen MR) is 114 cm³/mol. The third kappa shape index (κ3) is 3.87. The Hall–Kier alpha value is -3.30. The van der Waals surface area contributed by atoms with Gasteiger partial charge in [-0.1, -0.05) is 0 Å². The van der Waals surface area contributed by atoms with E-state index < -0.39 is 18.0 Å². The van der Waals surface area contributed by atoms with Gasteiger partial charge in [0.2, 0.25) is 0 Å². The molecule has 1 fully saturated rings. The number of benzene rings is 1. The fourth-order valence-electron chi connectivity index (χ4n) is 4.70. The molecule has 174 valence electrons. The summed E-state index contributed by atoms with van der Waals surface area (Å²) in [5.74, 6) is -1.05. The lowest BCUT2D eigenvalue weighted by Crippen LogP contribution is -2.44. The maximum absolute atomic E-state index is 13.1. The number of aromatic nitrogens is 1. The number of carbonyl (C=O) groups excluding carboxylic acids is 2. The zero-order valence-corrected chi connectivity index (χ0v) is 18.1. The number of likely N-dealkylation sites (tertiary alicyclic amines) is 1. The molecule has 0 saturated carbocycles. The zero-order valence-electron chi connectivity index (χ0n) is 18.1. The summed E-state index contributed by atoms with van der Waals surface area (Å²) in [5, 5.41) is 0. The van der Waals surface area contributed by atoms with Gasteiger partial charge >= 0.3 is 6.18 Å². The first-order valence-electron chi connectivity index (χ1n) is 10.9. The first kappa shape index (κ1) is 21.5. The third-order valence-corrected chi connectivity index (χ3v) is 6.46. The minimum absolute atomic E-state index is 0.00863. The monoisotopic (exact) mass is 460 g/mol. The van der Waals surface area contributed by atoms with Crippen LogP contribution in [0.3, 0.4) is 0 Å². The van der Waals surface area contributed by atoms with Gasteiger partial charge in [0.15, 0.2) is 11.6 Å². The molecule has 5 rings (SSSR count). The number of hydrogen-bond donors (Lipinski definition) is 0. The van der Waals surface area contributed by atoms with Gasteiger partial charge in [-0.15, -0.1) is 0 Å². The second-order valence-corrected chi connectivity index (χ2v) is 8.68. The summed E-state index contributed by atoms with van der Waals surface area (Å²) >= 11 is 0. The molecule has 0 radical (unpaired) electrons. The van der Waals surface area contributed by atoms with Crippen LogP contribution < -0.4 is 9.64 Å². The first-order valence-corrected chi connectivity index (χ1v) is 10.9. The van der Waals surface area contributed by atoms with Crippen molar-refractivity contribution in [1.82, 2.24) is 14.8 Å². The normalized spacial score (nSPS) is 20.4. The number of fused-ring (bicyclic) bond motifs is 2. The standard InChI is InChI=1S/C23H23F3N4O3/c1-28-12-15-9-17(4-5-18(15)22(28)32)30-7-8-33-19-10-14(11-27-20(19)30)21(31)29-6-2-3-16(13-29)23(24,25)26/h4-5,9-11,16H,2-3,6-8,12-13H2,1H3/t16-/m1/s1. The number of amides is 2. The molecule has 1 aromatic carbocycles. The van der Waals surface area contributed by atoms with Crippen LogP contribution in [-0.2, 0) is 6.54 Å². The number of piperidine rings is 1. The molecule has 1 atom stereocenters. The number of hydrogen-bond acceptors (Lipinski definition) is 5. The van der Waals surface area contributed by atoms with Crippen LogP contribution in [0.15, 0.2) is 30.5 Å². The van der Waals surface area contributed by atoms with Gasteiger partial charge in [-0.25, -0.2) is 4.98 Å². The summed E-state index contributed by atoms with van der Waals surface area (Å²) in [5.41, 5.74) is 2.68. The molecule has 0 unspecified atom stereocenters. The molecule has 10 heteroatoms. The highest BCUT2D eigenvalue weighted by atomic mass is 19.4. The van der Waals surface area contributed by atoms with Crippen molar-refractivity contribution in [1.29, 1.82) is 0 Å². The molecule has 33 heavy (non-hydrogen) atoms. The van der Waals surface area contributed by atoms with E-state index in [1.165, 1.54) is 11.1 Å². The van der Waals surface area contributed by atoms with Crippen molar-refractivity contribution in [2.24, 2.45) is 5.92 Å². The van der Waals surface area contributed by atoms with E-state index in [1.807, 2.05) is 17.0 Å². The van der Waals surface area contributed by atoms with Crippen molar-refractivity contribution in [3.8, 4) is 5.75 Å². The molecule has 0 N–H and O–H groups in total. The zero-order chi connectivity index (χ0) is 23.3. The van der Waals surface area contributed by atoms with Gasteiger partial charge in [-0.3, -0.25) is 9.59 Å². The molecule has 1 aromatic heterocycles. The lowest BCUT2D eigenvalue weighted by atomic mass is 9.97. The molecular formula is C23H23F3N4O3. The molecule has 1 saturated heterocycles. The maximum Gasteiger partial charge on any atom is 0.393 e. The summed E-state index contributed by atoms with van der Waals surface area (Å²) in [4.78, 5) is 34.4. The van der Waals surface area contributed by atoms with E-state index in [-0.39, 0.29) is 31.0 Å². The van der Waals surface area contributed by atoms with Gasteiger partial charge in [-0.2, -0.15) is 13.2 Å². The van der Waals surface area contributed by atoms with Crippen LogP contribution in [0.25, 0.3) is 0 Å². The van der Waals surface area contributed by atoms with E-state index in [9.17, 15) is 22.8 Å². The largest absolute Gasteiger partial charge is 0.488 e. The maximum atomic E-state index is 13.1. The van der Waals surface area contributed by atoms with E-state index in [0.717, 1.165) is 11.3 Å². The highest BCUT2D eigenvalue weighted by Crippen LogP contribution is 2.38. The van der Waals surface area contributed by atoms with Crippen LogP contribution in [0.4, 0.5) is 24.7 Å². The minimum atomic E-state index is -4.31. The highest BCUT2D eigenvalue weighted by Gasteiger charge is 2.43. The van der Waals surface area contributed by atoms with Crippen LogP contribution in [0.1, 0.15) is 39.1 Å². The van der Waals surface area contributed by atoms with Gasteiger partial charge in [0.1, 0.15) is 6.61 Å². The number of anilines is 2. The fourth-order valence-corrected chi connectivity index (χ4v) is 4.70. The molecule has 0 bridgehead atoms. The average Bonchev–Trinajstić information content (AvgIpc) is 3.10. The number of halogens is 3. The summed E-state index contributed by atoms with van der Waals surface area (Å²) in [6.45, 7) is 1.39. The predicted octanol–water partition coefficient (Wildman–Crippen LogP) is 3.61. The van der Waals surface area contributed by atoms with Crippen molar-refractivity contribution in [3.05, 3.63) is 47.2 Å². The van der Waals surface area contributed by atoms with Gasteiger partial charge in [0.05, 0.1) is 18.0 Å². The van der Waals surface area contributed by atoms with E-state index in [4.69, 9.17) is 4.74 Å². The molecule has 0 aliphatic carbocycles. The topological polar surface area (TPSA) is 66.0 Å². The Bertz CT molecular complexity index is 1120. The molecule has 3 aliphatic heterocycles. The van der Waals surface area contributed by atoms with Gasteiger partial charge in [-0.05, 0) is 42.7 Å². The average molecular weight is 460 g/mol. The second kappa shape index (κ2) is 7.93. The summed E-state index contributed by atoms with van der Waals surface area (Å²) < 4.78 is 45.2. The van der Waals surface area contributed by atoms with E-state index >= 15 is 0 Å². The number of nitrogens with zero attached hydrogens (tertiary/aromatic N) is 4. The molecule has 7 nitrogen and oxygen atoms in total. The summed E-state index contributed by atoms with van der Waals surface area (Å²) in [6, 6.07) is 7.17. The number of ether oxygens (including phenoxy) is 1. The fraction of sp³-hybridized carbons (Fsp3) is 0.435. The lowest BCUT2D eigenvalue weighted by Gasteiger charge is -2.34. The van der Waals surface area contributed by atoms with E-state index in [0.29, 0.717) is 43.2 Å². The number of rotatable bonds is 2. The van der Waals surface area contributed by atoms with Crippen molar-refractivity contribution in [2.75, 3.05) is 38.2 Å². The summed E-state index contributed by atoms with van der Waals surface area (Å²) in [6.07, 6.45) is -2.57. The Morgan fingerprint density at radius 1 is 1.21 bits per heavy atom. The van der Waals surface area contributed by atoms with Crippen LogP contribution in [0.5, 0.6) is 5.75 Å². The highest BCUT2D eigenvalue weighted by molar-refractivity contribution is 5.99.